The molecule has 0 bridgehead atoms. The van der Waals surface area contributed by atoms with Crippen molar-refractivity contribution in [3.8, 4) is 5.75 Å². The van der Waals surface area contributed by atoms with Gasteiger partial charge in [-0.15, -0.1) is 12.4 Å². The first-order valence-corrected chi connectivity index (χ1v) is 8.48. The van der Waals surface area contributed by atoms with E-state index in [1.807, 2.05) is 13.8 Å². The summed E-state index contributed by atoms with van der Waals surface area (Å²) in [7, 11) is 0. The zero-order valence-corrected chi connectivity index (χ0v) is 15.7. The van der Waals surface area contributed by atoms with E-state index >= 15 is 0 Å². The molecule has 6 nitrogen and oxygen atoms in total. The van der Waals surface area contributed by atoms with Gasteiger partial charge in [-0.05, 0) is 30.5 Å². The molecule has 0 saturated carbocycles. The van der Waals surface area contributed by atoms with Gasteiger partial charge in [-0.1, -0.05) is 26.0 Å². The molecule has 2 rings (SSSR count). The SMILES string of the molecule is CCC(N)(CC)CNC(=O)C1CNNC1c1cccc(OC(F)F)c1.Cl. The van der Waals surface area contributed by atoms with Gasteiger partial charge >= 0.3 is 6.61 Å². The van der Waals surface area contributed by atoms with Gasteiger partial charge in [0.1, 0.15) is 5.75 Å². The first kappa shape index (κ1) is 22.6. The quantitative estimate of drug-likeness (QED) is 0.544. The van der Waals surface area contributed by atoms with E-state index in [4.69, 9.17) is 5.73 Å². The molecule has 2 atom stereocenters. The molecule has 0 radical (unpaired) electrons. The van der Waals surface area contributed by atoms with Crippen molar-refractivity contribution in [3.05, 3.63) is 29.8 Å². The van der Waals surface area contributed by atoms with Gasteiger partial charge in [0.2, 0.25) is 5.91 Å². The highest BCUT2D eigenvalue weighted by molar-refractivity contribution is 5.85. The van der Waals surface area contributed by atoms with Gasteiger partial charge in [-0.3, -0.25) is 10.2 Å². The normalized spacial score (nSPS) is 19.9. The highest BCUT2D eigenvalue weighted by atomic mass is 35.5. The predicted molar refractivity (Wildman–Crippen MR) is 98.2 cm³/mol. The summed E-state index contributed by atoms with van der Waals surface area (Å²) in [5, 5.41) is 2.92. The van der Waals surface area contributed by atoms with Crippen LogP contribution in [0.1, 0.15) is 38.3 Å². The molecule has 148 valence electrons. The molecule has 1 aliphatic rings. The van der Waals surface area contributed by atoms with Gasteiger partial charge in [-0.25, -0.2) is 5.43 Å². The fraction of sp³-hybridized carbons (Fsp3) is 0.588. The van der Waals surface area contributed by atoms with Crippen LogP contribution < -0.4 is 26.6 Å². The molecule has 1 heterocycles. The Bertz CT molecular complexity index is 588. The van der Waals surface area contributed by atoms with Gasteiger partial charge in [0.15, 0.2) is 0 Å². The number of hydrazine groups is 1. The summed E-state index contributed by atoms with van der Waals surface area (Å²) in [6.45, 7) is 1.94. The third-order valence-corrected chi connectivity index (χ3v) is 4.78. The number of rotatable bonds is 8. The van der Waals surface area contributed by atoms with Crippen molar-refractivity contribution in [2.45, 2.75) is 44.9 Å². The zero-order chi connectivity index (χ0) is 18.4. The largest absolute Gasteiger partial charge is 0.435 e. The molecule has 0 aliphatic carbocycles. The lowest BCUT2D eigenvalue weighted by molar-refractivity contribution is -0.125. The summed E-state index contributed by atoms with van der Waals surface area (Å²) in [4.78, 5) is 12.6. The minimum absolute atomic E-state index is 0. The van der Waals surface area contributed by atoms with Gasteiger partial charge in [0.25, 0.3) is 0 Å². The number of carbonyl (C=O) groups excluding carboxylic acids is 1. The number of nitrogens with two attached hydrogens (primary N) is 1. The van der Waals surface area contributed by atoms with E-state index in [0.29, 0.717) is 18.7 Å². The molecule has 1 saturated heterocycles. The van der Waals surface area contributed by atoms with Crippen molar-refractivity contribution in [1.82, 2.24) is 16.2 Å². The Morgan fingerprint density at radius 3 is 2.73 bits per heavy atom. The Balaban J connectivity index is 0.00000338. The maximum absolute atomic E-state index is 12.6. The van der Waals surface area contributed by atoms with E-state index in [9.17, 15) is 13.6 Å². The van der Waals surface area contributed by atoms with Crippen molar-refractivity contribution >= 4 is 18.3 Å². The highest BCUT2D eigenvalue weighted by Crippen LogP contribution is 2.28. The Labute approximate surface area is 158 Å². The van der Waals surface area contributed by atoms with Crippen LogP contribution in [-0.2, 0) is 4.79 Å². The maximum Gasteiger partial charge on any atom is 0.387 e. The van der Waals surface area contributed by atoms with Gasteiger partial charge < -0.3 is 15.8 Å². The number of ether oxygens (including phenoxy) is 1. The van der Waals surface area contributed by atoms with Crippen LogP contribution in [0, 0.1) is 5.92 Å². The molecule has 5 N–H and O–H groups in total. The summed E-state index contributed by atoms with van der Waals surface area (Å²) >= 11 is 0. The summed E-state index contributed by atoms with van der Waals surface area (Å²) in [5.41, 5.74) is 12.5. The van der Waals surface area contributed by atoms with E-state index in [2.05, 4.69) is 20.9 Å². The second-order valence-electron chi connectivity index (χ2n) is 6.35. The third kappa shape index (κ3) is 5.77. The first-order chi connectivity index (χ1) is 11.9. The lowest BCUT2D eigenvalue weighted by atomic mass is 9.92. The number of benzene rings is 1. The van der Waals surface area contributed by atoms with Crippen molar-refractivity contribution < 1.29 is 18.3 Å². The lowest BCUT2D eigenvalue weighted by Gasteiger charge is -2.28. The number of amides is 1. The summed E-state index contributed by atoms with van der Waals surface area (Å²) in [6.07, 6.45) is 1.53. The van der Waals surface area contributed by atoms with Crippen LogP contribution in [0.2, 0.25) is 0 Å². The van der Waals surface area contributed by atoms with E-state index in [1.54, 1.807) is 12.1 Å². The summed E-state index contributed by atoms with van der Waals surface area (Å²) < 4.78 is 29.2. The molecule has 1 fully saturated rings. The molecule has 26 heavy (non-hydrogen) atoms. The van der Waals surface area contributed by atoms with Crippen molar-refractivity contribution in [2.24, 2.45) is 11.7 Å². The average molecular weight is 393 g/mol. The molecule has 1 aromatic carbocycles. The Hall–Kier alpha value is -1.48. The lowest BCUT2D eigenvalue weighted by Crippen LogP contribution is -2.50. The standard InChI is InChI=1S/C17H26F2N4O2.ClH/c1-3-17(20,4-2)10-21-15(24)13-9-22-23-14(13)11-6-5-7-12(8-11)25-16(18)19;/h5-8,13-14,16,22-23H,3-4,9-10,20H2,1-2H3,(H,21,24);1H. The van der Waals surface area contributed by atoms with Crippen LogP contribution in [0.15, 0.2) is 24.3 Å². The Kier molecular flexibility index (Phi) is 8.69. The van der Waals surface area contributed by atoms with Crippen LogP contribution >= 0.6 is 12.4 Å². The smallest absolute Gasteiger partial charge is 0.387 e. The molecular weight excluding hydrogens is 366 g/mol. The fourth-order valence-corrected chi connectivity index (χ4v) is 2.84. The van der Waals surface area contributed by atoms with Crippen LogP contribution in [0.4, 0.5) is 8.78 Å². The molecule has 1 aromatic rings. The zero-order valence-electron chi connectivity index (χ0n) is 14.9. The number of carbonyl (C=O) groups is 1. The average Bonchev–Trinajstić information content (AvgIpc) is 3.09. The minimum Gasteiger partial charge on any atom is -0.435 e. The molecule has 9 heteroatoms. The van der Waals surface area contributed by atoms with Crippen LogP contribution in [0.25, 0.3) is 0 Å². The number of hydrogen-bond donors (Lipinski definition) is 4. The van der Waals surface area contributed by atoms with E-state index in [0.717, 1.165) is 12.8 Å². The van der Waals surface area contributed by atoms with E-state index in [-0.39, 0.29) is 36.0 Å². The fourth-order valence-electron chi connectivity index (χ4n) is 2.84. The van der Waals surface area contributed by atoms with Crippen molar-refractivity contribution in [1.29, 1.82) is 0 Å². The van der Waals surface area contributed by atoms with E-state index in [1.165, 1.54) is 12.1 Å². The Morgan fingerprint density at radius 1 is 1.42 bits per heavy atom. The second kappa shape index (κ2) is 10.0. The topological polar surface area (TPSA) is 88.4 Å². The maximum atomic E-state index is 12.6. The molecule has 0 spiro atoms. The van der Waals surface area contributed by atoms with E-state index < -0.39 is 12.2 Å². The molecule has 0 aromatic heterocycles. The van der Waals surface area contributed by atoms with Crippen molar-refractivity contribution in [3.63, 3.8) is 0 Å². The van der Waals surface area contributed by atoms with Crippen LogP contribution in [0.3, 0.4) is 0 Å². The second-order valence-corrected chi connectivity index (χ2v) is 6.35. The van der Waals surface area contributed by atoms with Gasteiger partial charge in [-0.2, -0.15) is 8.78 Å². The molecular formula is C17H27ClF2N4O2. The summed E-state index contributed by atoms with van der Waals surface area (Å²) in [5.74, 6) is -0.433. The van der Waals surface area contributed by atoms with Gasteiger partial charge in [0.05, 0.1) is 12.0 Å². The van der Waals surface area contributed by atoms with Crippen molar-refractivity contribution in [2.75, 3.05) is 13.1 Å². The molecule has 1 aliphatic heterocycles. The predicted octanol–water partition coefficient (Wildman–Crippen LogP) is 2.11. The monoisotopic (exact) mass is 392 g/mol. The minimum atomic E-state index is -2.88. The van der Waals surface area contributed by atoms with Crippen LogP contribution in [-0.4, -0.2) is 31.1 Å². The molecule has 2 unspecified atom stereocenters. The number of halogens is 3. The first-order valence-electron chi connectivity index (χ1n) is 8.48. The third-order valence-electron chi connectivity index (χ3n) is 4.78. The summed E-state index contributed by atoms with van der Waals surface area (Å²) in [6, 6.07) is 6.04. The van der Waals surface area contributed by atoms with Crippen LogP contribution in [0.5, 0.6) is 5.75 Å². The number of nitrogens with one attached hydrogen (secondary N) is 3. The number of hydrogen-bond acceptors (Lipinski definition) is 5. The molecule has 1 amide bonds. The Morgan fingerprint density at radius 2 is 2.12 bits per heavy atom. The van der Waals surface area contributed by atoms with Gasteiger partial charge in [0, 0.05) is 18.6 Å². The highest BCUT2D eigenvalue weighted by Gasteiger charge is 2.35. The number of alkyl halides is 2.